The average Bonchev–Trinajstić information content (AvgIpc) is 3.08. The number of carboxylic acid groups (broad SMARTS) is 1. The van der Waals surface area contributed by atoms with Gasteiger partial charge in [-0.05, 0) is 55.0 Å². The SMILES string of the molecule is CCC1CN(C(=O)c2cccs2)c2cc(C)c(C)cc2N1C(=O)O. The van der Waals surface area contributed by atoms with E-state index in [0.717, 1.165) is 11.1 Å². The number of thiophene rings is 1. The third kappa shape index (κ3) is 2.67. The molecule has 0 spiro atoms. The first-order chi connectivity index (χ1) is 11.4. The predicted octanol–water partition coefficient (Wildman–Crippen LogP) is 4.29. The van der Waals surface area contributed by atoms with Crippen LogP contribution in [-0.4, -0.2) is 29.7 Å². The molecule has 1 N–H and O–H groups in total. The first-order valence-corrected chi connectivity index (χ1v) is 8.80. The second-order valence-corrected chi connectivity index (χ2v) is 6.98. The number of benzene rings is 1. The Hall–Kier alpha value is -2.34. The fourth-order valence-corrected chi connectivity index (χ4v) is 3.75. The Labute approximate surface area is 145 Å². The molecule has 24 heavy (non-hydrogen) atoms. The number of carbonyl (C=O) groups is 2. The van der Waals surface area contributed by atoms with Crippen LogP contribution in [0.2, 0.25) is 0 Å². The summed E-state index contributed by atoms with van der Waals surface area (Å²) in [6, 6.07) is 7.19. The fraction of sp³-hybridized carbons (Fsp3) is 0.333. The van der Waals surface area contributed by atoms with Gasteiger partial charge in [0.2, 0.25) is 0 Å². The van der Waals surface area contributed by atoms with E-state index >= 15 is 0 Å². The van der Waals surface area contributed by atoms with Crippen molar-refractivity contribution in [2.75, 3.05) is 16.3 Å². The van der Waals surface area contributed by atoms with Gasteiger partial charge in [-0.25, -0.2) is 4.79 Å². The number of aryl methyl sites for hydroxylation is 2. The fourth-order valence-electron chi connectivity index (χ4n) is 3.08. The van der Waals surface area contributed by atoms with Crippen LogP contribution in [0.5, 0.6) is 0 Å². The zero-order chi connectivity index (χ0) is 17.4. The zero-order valence-electron chi connectivity index (χ0n) is 13.9. The van der Waals surface area contributed by atoms with Gasteiger partial charge < -0.3 is 10.0 Å². The Morgan fingerprint density at radius 2 is 1.92 bits per heavy atom. The highest BCUT2D eigenvalue weighted by Crippen LogP contribution is 2.39. The minimum Gasteiger partial charge on any atom is -0.465 e. The van der Waals surface area contributed by atoms with Crippen LogP contribution in [-0.2, 0) is 0 Å². The predicted molar refractivity (Wildman–Crippen MR) is 96.5 cm³/mol. The molecule has 2 heterocycles. The van der Waals surface area contributed by atoms with Crippen molar-refractivity contribution in [3.63, 3.8) is 0 Å². The summed E-state index contributed by atoms with van der Waals surface area (Å²) in [7, 11) is 0. The maximum atomic E-state index is 12.9. The summed E-state index contributed by atoms with van der Waals surface area (Å²) >= 11 is 1.40. The van der Waals surface area contributed by atoms with E-state index in [9.17, 15) is 14.7 Å². The van der Waals surface area contributed by atoms with Crippen molar-refractivity contribution in [1.82, 2.24) is 0 Å². The van der Waals surface area contributed by atoms with Gasteiger partial charge in [-0.3, -0.25) is 9.69 Å². The molecule has 0 radical (unpaired) electrons. The van der Waals surface area contributed by atoms with Crippen molar-refractivity contribution in [1.29, 1.82) is 0 Å². The minimum absolute atomic E-state index is 0.0713. The van der Waals surface area contributed by atoms with E-state index in [0.29, 0.717) is 29.2 Å². The highest BCUT2D eigenvalue weighted by atomic mass is 32.1. The molecular formula is C18H20N2O3S. The highest BCUT2D eigenvalue weighted by Gasteiger charge is 2.37. The number of fused-ring (bicyclic) bond motifs is 1. The molecule has 1 unspecified atom stereocenters. The molecule has 1 aliphatic heterocycles. The second-order valence-electron chi connectivity index (χ2n) is 6.03. The van der Waals surface area contributed by atoms with Gasteiger partial charge in [-0.1, -0.05) is 13.0 Å². The molecule has 0 saturated carbocycles. The molecule has 3 rings (SSSR count). The molecule has 0 bridgehead atoms. The third-order valence-corrected chi connectivity index (χ3v) is 5.41. The third-order valence-electron chi connectivity index (χ3n) is 4.55. The molecule has 6 heteroatoms. The minimum atomic E-state index is -0.977. The lowest BCUT2D eigenvalue weighted by molar-refractivity contribution is 0.0986. The standard InChI is InChI=1S/C18H20N2O3S/c1-4-13-10-19(17(21)16-6-5-7-24-16)14-8-11(2)12(3)9-15(14)20(13)18(22)23/h5-9,13H,4,10H2,1-3H3,(H,22,23). The topological polar surface area (TPSA) is 60.9 Å². The van der Waals surface area contributed by atoms with E-state index in [2.05, 4.69) is 0 Å². The van der Waals surface area contributed by atoms with Crippen LogP contribution in [0, 0.1) is 13.8 Å². The normalized spacial score (nSPS) is 16.9. The molecule has 0 fully saturated rings. The van der Waals surface area contributed by atoms with Crippen molar-refractivity contribution >= 4 is 34.7 Å². The van der Waals surface area contributed by atoms with Crippen LogP contribution in [0.4, 0.5) is 16.2 Å². The highest BCUT2D eigenvalue weighted by molar-refractivity contribution is 7.12. The molecule has 2 aromatic rings. The average molecular weight is 344 g/mol. The summed E-state index contributed by atoms with van der Waals surface area (Å²) in [6.45, 7) is 6.24. The molecule has 1 aliphatic rings. The molecule has 1 aromatic carbocycles. The lowest BCUT2D eigenvalue weighted by Gasteiger charge is -2.41. The second kappa shape index (κ2) is 6.28. The summed E-state index contributed by atoms with van der Waals surface area (Å²) in [4.78, 5) is 28.5. The number of hydrogen-bond donors (Lipinski definition) is 1. The van der Waals surface area contributed by atoms with Gasteiger partial charge in [-0.2, -0.15) is 0 Å². The first-order valence-electron chi connectivity index (χ1n) is 7.92. The lowest BCUT2D eigenvalue weighted by Crippen LogP contribution is -2.52. The summed E-state index contributed by atoms with van der Waals surface area (Å²) < 4.78 is 0. The quantitative estimate of drug-likeness (QED) is 0.884. The van der Waals surface area contributed by atoms with Gasteiger partial charge in [0.1, 0.15) is 0 Å². The van der Waals surface area contributed by atoms with E-state index in [1.54, 1.807) is 11.0 Å². The molecule has 0 aliphatic carbocycles. The molecule has 5 nitrogen and oxygen atoms in total. The number of carbonyl (C=O) groups excluding carboxylic acids is 1. The van der Waals surface area contributed by atoms with E-state index in [1.807, 2.05) is 44.4 Å². The van der Waals surface area contributed by atoms with Crippen LogP contribution in [0.1, 0.15) is 34.1 Å². The van der Waals surface area contributed by atoms with Crippen molar-refractivity contribution < 1.29 is 14.7 Å². The van der Waals surface area contributed by atoms with E-state index < -0.39 is 6.09 Å². The van der Waals surface area contributed by atoms with E-state index in [-0.39, 0.29) is 11.9 Å². The van der Waals surface area contributed by atoms with Crippen molar-refractivity contribution in [2.24, 2.45) is 0 Å². The van der Waals surface area contributed by atoms with E-state index in [1.165, 1.54) is 16.2 Å². The summed E-state index contributed by atoms with van der Waals surface area (Å²) in [6.07, 6.45) is -0.332. The Morgan fingerprint density at radius 1 is 1.25 bits per heavy atom. The molecule has 1 atom stereocenters. The summed E-state index contributed by atoms with van der Waals surface area (Å²) in [5, 5.41) is 11.6. The number of hydrogen-bond acceptors (Lipinski definition) is 3. The van der Waals surface area contributed by atoms with Gasteiger partial charge in [0.15, 0.2) is 0 Å². The maximum Gasteiger partial charge on any atom is 0.412 e. The Balaban J connectivity index is 2.15. The number of amides is 2. The van der Waals surface area contributed by atoms with Crippen molar-refractivity contribution in [2.45, 2.75) is 33.2 Å². The van der Waals surface area contributed by atoms with Gasteiger partial charge in [-0.15, -0.1) is 11.3 Å². The molecule has 126 valence electrons. The summed E-state index contributed by atoms with van der Waals surface area (Å²) in [5.41, 5.74) is 3.32. The number of nitrogens with zero attached hydrogens (tertiary/aromatic N) is 2. The van der Waals surface area contributed by atoms with Gasteiger partial charge in [0.05, 0.1) is 22.3 Å². The van der Waals surface area contributed by atoms with Crippen LogP contribution in [0.25, 0.3) is 0 Å². The molecule has 2 amide bonds. The van der Waals surface area contributed by atoms with Gasteiger partial charge >= 0.3 is 6.09 Å². The zero-order valence-corrected chi connectivity index (χ0v) is 14.8. The van der Waals surface area contributed by atoms with Gasteiger partial charge in [0.25, 0.3) is 5.91 Å². The summed E-state index contributed by atoms with van der Waals surface area (Å²) in [5.74, 6) is -0.0713. The Bertz CT molecular complexity index is 786. The van der Waals surface area contributed by atoms with Crippen molar-refractivity contribution in [3.8, 4) is 0 Å². The van der Waals surface area contributed by atoms with Crippen molar-refractivity contribution in [3.05, 3.63) is 45.6 Å². The molecular weight excluding hydrogens is 324 g/mol. The molecule has 0 saturated heterocycles. The monoisotopic (exact) mass is 344 g/mol. The van der Waals surface area contributed by atoms with Crippen LogP contribution < -0.4 is 9.80 Å². The first kappa shape index (κ1) is 16.5. The van der Waals surface area contributed by atoms with Crippen LogP contribution >= 0.6 is 11.3 Å². The van der Waals surface area contributed by atoms with Crippen LogP contribution in [0.15, 0.2) is 29.6 Å². The lowest BCUT2D eigenvalue weighted by atomic mass is 10.0. The number of anilines is 2. The largest absolute Gasteiger partial charge is 0.465 e. The Morgan fingerprint density at radius 3 is 2.46 bits per heavy atom. The smallest absolute Gasteiger partial charge is 0.412 e. The molecule has 1 aromatic heterocycles. The van der Waals surface area contributed by atoms with Crippen LogP contribution in [0.3, 0.4) is 0 Å². The maximum absolute atomic E-state index is 12.9. The number of rotatable bonds is 2. The van der Waals surface area contributed by atoms with E-state index in [4.69, 9.17) is 0 Å². The Kier molecular flexibility index (Phi) is 4.32. The van der Waals surface area contributed by atoms with Gasteiger partial charge in [0, 0.05) is 6.54 Å².